The summed E-state index contributed by atoms with van der Waals surface area (Å²) in [4.78, 5) is 13.0. The van der Waals surface area contributed by atoms with Gasteiger partial charge >= 0.3 is 0 Å². The molecule has 0 aliphatic heterocycles. The zero-order valence-corrected chi connectivity index (χ0v) is 18.0. The molecule has 30 heavy (non-hydrogen) atoms. The lowest BCUT2D eigenvalue weighted by molar-refractivity contribution is 0.404. The van der Waals surface area contributed by atoms with Gasteiger partial charge in [-0.2, -0.15) is 0 Å². The third kappa shape index (κ3) is 2.73. The molecule has 1 heterocycles. The lowest BCUT2D eigenvalue weighted by Gasteiger charge is -2.18. The van der Waals surface area contributed by atoms with Crippen molar-refractivity contribution in [2.45, 2.75) is 20.8 Å². The second-order valence-corrected chi connectivity index (χ2v) is 7.22. The maximum absolute atomic E-state index is 13.0. The van der Waals surface area contributed by atoms with Crippen LogP contribution in [-0.4, -0.2) is 21.3 Å². The molecule has 3 aromatic carbocycles. The summed E-state index contributed by atoms with van der Waals surface area (Å²) in [5, 5.41) is 3.67. The molecule has 0 amide bonds. The van der Waals surface area contributed by atoms with Crippen molar-refractivity contribution >= 4 is 38.1 Å². The number of rotatable bonds is 4. The topological polar surface area (TPSA) is 57.9 Å². The molecule has 0 saturated carbocycles. The number of hydrogen-bond acceptors (Lipinski definition) is 5. The Hall–Kier alpha value is -3.47. The van der Waals surface area contributed by atoms with E-state index in [0.717, 1.165) is 27.3 Å². The van der Waals surface area contributed by atoms with E-state index >= 15 is 0 Å². The first-order chi connectivity index (χ1) is 14.5. The fourth-order valence-electron chi connectivity index (χ4n) is 4.09. The van der Waals surface area contributed by atoms with E-state index in [1.165, 1.54) is 0 Å². The van der Waals surface area contributed by atoms with Crippen molar-refractivity contribution in [1.82, 2.24) is 0 Å². The van der Waals surface area contributed by atoms with Gasteiger partial charge in [-0.1, -0.05) is 18.2 Å². The van der Waals surface area contributed by atoms with Gasteiger partial charge in [0.2, 0.25) is 0 Å². The van der Waals surface area contributed by atoms with Gasteiger partial charge in [0.1, 0.15) is 23.0 Å². The normalized spacial score (nSPS) is 12.0. The fraction of sp³-hybridized carbons (Fsp3) is 0.240. The SMILES string of the molecule is C/C=C(\C)c1cc(=O)c2c(C)cc3c(OC)c4cccc(OC)c4c(OC)c3c2o1. The van der Waals surface area contributed by atoms with Gasteiger partial charge in [-0.3, -0.25) is 4.79 Å². The zero-order valence-electron chi connectivity index (χ0n) is 18.0. The summed E-state index contributed by atoms with van der Waals surface area (Å²) in [5.41, 5.74) is 2.09. The number of methoxy groups -OCH3 is 3. The minimum atomic E-state index is -0.0898. The van der Waals surface area contributed by atoms with E-state index in [0.29, 0.717) is 39.4 Å². The van der Waals surface area contributed by atoms with E-state index in [9.17, 15) is 4.79 Å². The first-order valence-electron chi connectivity index (χ1n) is 9.71. The molecule has 0 aliphatic carbocycles. The predicted octanol–water partition coefficient (Wildman–Crippen LogP) is 5.86. The van der Waals surface area contributed by atoms with Gasteiger partial charge in [-0.25, -0.2) is 0 Å². The van der Waals surface area contributed by atoms with Crippen molar-refractivity contribution in [3.8, 4) is 17.2 Å². The van der Waals surface area contributed by atoms with Crippen LogP contribution in [0.3, 0.4) is 0 Å². The lowest BCUT2D eigenvalue weighted by atomic mass is 9.95. The van der Waals surface area contributed by atoms with Crippen molar-refractivity contribution in [1.29, 1.82) is 0 Å². The molecular weight excluding hydrogens is 380 g/mol. The van der Waals surface area contributed by atoms with Gasteiger partial charge in [0.25, 0.3) is 0 Å². The van der Waals surface area contributed by atoms with Gasteiger partial charge in [-0.15, -0.1) is 0 Å². The van der Waals surface area contributed by atoms with Gasteiger partial charge in [0.15, 0.2) is 11.0 Å². The highest BCUT2D eigenvalue weighted by molar-refractivity contribution is 6.20. The number of aryl methyl sites for hydroxylation is 1. The van der Waals surface area contributed by atoms with Crippen molar-refractivity contribution < 1.29 is 18.6 Å². The molecule has 0 aliphatic rings. The van der Waals surface area contributed by atoms with E-state index in [2.05, 4.69) is 0 Å². The van der Waals surface area contributed by atoms with Crippen LogP contribution in [0.4, 0.5) is 0 Å². The summed E-state index contributed by atoms with van der Waals surface area (Å²) in [7, 11) is 4.86. The summed E-state index contributed by atoms with van der Waals surface area (Å²) in [6.07, 6.45) is 1.92. The Kier molecular flexibility index (Phi) is 4.90. The number of ether oxygens (including phenoxy) is 3. The van der Waals surface area contributed by atoms with Crippen molar-refractivity contribution in [2.75, 3.05) is 21.3 Å². The monoisotopic (exact) mass is 404 g/mol. The van der Waals surface area contributed by atoms with Crippen LogP contribution in [-0.2, 0) is 0 Å². The van der Waals surface area contributed by atoms with Gasteiger partial charge in [0, 0.05) is 16.8 Å². The average Bonchev–Trinajstić information content (AvgIpc) is 2.76. The summed E-state index contributed by atoms with van der Waals surface area (Å²) in [6, 6.07) is 9.25. The van der Waals surface area contributed by atoms with Gasteiger partial charge in [0.05, 0.1) is 37.5 Å². The number of hydrogen-bond donors (Lipinski definition) is 0. The molecule has 5 heteroatoms. The first-order valence-corrected chi connectivity index (χ1v) is 9.71. The largest absolute Gasteiger partial charge is 0.496 e. The molecule has 0 radical (unpaired) electrons. The van der Waals surface area contributed by atoms with Crippen LogP contribution in [0.1, 0.15) is 25.2 Å². The molecule has 5 nitrogen and oxygen atoms in total. The maximum atomic E-state index is 13.0. The van der Waals surface area contributed by atoms with Crippen LogP contribution in [0, 0.1) is 6.92 Å². The Labute approximate surface area is 174 Å². The maximum Gasteiger partial charge on any atom is 0.193 e. The Bertz CT molecular complexity index is 1390. The molecular formula is C25H24O5. The summed E-state index contributed by atoms with van der Waals surface area (Å²) >= 11 is 0. The second-order valence-electron chi connectivity index (χ2n) is 7.22. The van der Waals surface area contributed by atoms with Crippen LogP contribution in [0.15, 0.2) is 45.6 Å². The standard InChI is InChI=1S/C25H24O5/c1-7-13(2)19-12-17(26)20-14(3)11-16-22(25(20)30-19)24(29-6)21-15(23(16)28-5)9-8-10-18(21)27-4/h7-12H,1-6H3/b13-7+. The van der Waals surface area contributed by atoms with E-state index in [4.69, 9.17) is 18.6 Å². The highest BCUT2D eigenvalue weighted by Gasteiger charge is 2.23. The molecule has 0 bridgehead atoms. The van der Waals surface area contributed by atoms with Crippen molar-refractivity contribution in [2.24, 2.45) is 0 Å². The molecule has 154 valence electrons. The molecule has 1 aromatic heterocycles. The average molecular weight is 404 g/mol. The lowest BCUT2D eigenvalue weighted by Crippen LogP contribution is -2.05. The highest BCUT2D eigenvalue weighted by atomic mass is 16.5. The van der Waals surface area contributed by atoms with Crippen LogP contribution >= 0.6 is 0 Å². The molecule has 0 saturated heterocycles. The summed E-state index contributed by atoms with van der Waals surface area (Å²) < 4.78 is 23.6. The molecule has 0 unspecified atom stereocenters. The molecule has 0 spiro atoms. The Morgan fingerprint density at radius 2 is 1.67 bits per heavy atom. The molecule has 4 rings (SSSR count). The molecule has 0 atom stereocenters. The summed E-state index contributed by atoms with van der Waals surface area (Å²) in [6.45, 7) is 5.73. The van der Waals surface area contributed by atoms with Gasteiger partial charge < -0.3 is 18.6 Å². The molecule has 4 aromatic rings. The number of benzene rings is 3. The quantitative estimate of drug-likeness (QED) is 0.315. The highest BCUT2D eigenvalue weighted by Crippen LogP contribution is 2.48. The third-order valence-corrected chi connectivity index (χ3v) is 5.62. The van der Waals surface area contributed by atoms with E-state index < -0.39 is 0 Å². The van der Waals surface area contributed by atoms with E-state index in [1.807, 2.05) is 51.1 Å². The van der Waals surface area contributed by atoms with E-state index in [-0.39, 0.29) is 5.43 Å². The Morgan fingerprint density at radius 1 is 0.933 bits per heavy atom. The van der Waals surface area contributed by atoms with Crippen molar-refractivity contribution in [3.05, 3.63) is 58.0 Å². The minimum absolute atomic E-state index is 0.0898. The van der Waals surface area contributed by atoms with E-state index in [1.54, 1.807) is 27.4 Å². The van der Waals surface area contributed by atoms with Crippen LogP contribution in [0.25, 0.3) is 38.1 Å². The Morgan fingerprint density at radius 3 is 2.30 bits per heavy atom. The van der Waals surface area contributed by atoms with Crippen molar-refractivity contribution in [3.63, 3.8) is 0 Å². The predicted molar refractivity (Wildman–Crippen MR) is 121 cm³/mol. The molecule has 0 fully saturated rings. The van der Waals surface area contributed by atoms with Gasteiger partial charge in [-0.05, 0) is 44.0 Å². The van der Waals surface area contributed by atoms with Crippen LogP contribution < -0.4 is 19.6 Å². The zero-order chi connectivity index (χ0) is 21.6. The smallest absolute Gasteiger partial charge is 0.193 e. The third-order valence-electron chi connectivity index (χ3n) is 5.62. The minimum Gasteiger partial charge on any atom is -0.496 e. The Balaban J connectivity index is 2.40. The summed E-state index contributed by atoms with van der Waals surface area (Å²) in [5.74, 6) is 2.45. The second kappa shape index (κ2) is 7.41. The van der Waals surface area contributed by atoms with Crippen LogP contribution in [0.2, 0.25) is 0 Å². The first kappa shape index (κ1) is 19.8. The number of fused-ring (bicyclic) bond motifs is 4. The number of allylic oxidation sites excluding steroid dienone is 2. The molecule has 0 N–H and O–H groups in total. The fourth-order valence-corrected chi connectivity index (χ4v) is 4.09. The van der Waals surface area contributed by atoms with Crippen LogP contribution in [0.5, 0.6) is 17.2 Å².